The minimum atomic E-state index is -3.76. The Labute approximate surface area is 152 Å². The first-order valence-corrected chi connectivity index (χ1v) is 9.57. The summed E-state index contributed by atoms with van der Waals surface area (Å²) in [6.07, 6.45) is 2.00. The number of hydrogen-bond acceptors (Lipinski definition) is 4. The second-order valence-corrected chi connectivity index (χ2v) is 7.81. The molecule has 0 aliphatic rings. The average Bonchev–Trinajstić information content (AvgIpc) is 2.57. The molecule has 0 unspecified atom stereocenters. The number of benzene rings is 2. The highest BCUT2D eigenvalue weighted by Crippen LogP contribution is 2.29. The van der Waals surface area contributed by atoms with Gasteiger partial charge in [-0.1, -0.05) is 23.8 Å². The van der Waals surface area contributed by atoms with Crippen LogP contribution in [0.2, 0.25) is 0 Å². The van der Waals surface area contributed by atoms with Crippen molar-refractivity contribution in [3.63, 3.8) is 0 Å². The highest BCUT2D eigenvalue weighted by atomic mass is 32.2. The Hall–Kier alpha value is -2.86. The largest absolute Gasteiger partial charge is 0.422 e. The van der Waals surface area contributed by atoms with Gasteiger partial charge >= 0.3 is 5.63 Å². The Kier molecular flexibility index (Phi) is 4.70. The molecule has 1 aromatic heterocycles. The molecule has 0 atom stereocenters. The summed E-state index contributed by atoms with van der Waals surface area (Å²) in [6.45, 7) is 7.42. The van der Waals surface area contributed by atoms with Gasteiger partial charge in [-0.05, 0) is 50.1 Å². The molecule has 0 saturated carbocycles. The number of nitrogens with one attached hydrogen (secondary N) is 1. The van der Waals surface area contributed by atoms with E-state index in [-0.39, 0.29) is 4.90 Å². The van der Waals surface area contributed by atoms with Gasteiger partial charge in [-0.15, -0.1) is 6.58 Å². The summed E-state index contributed by atoms with van der Waals surface area (Å²) in [5.74, 6) is 0. The monoisotopic (exact) mass is 369 g/mol. The summed E-state index contributed by atoms with van der Waals surface area (Å²) < 4.78 is 33.4. The van der Waals surface area contributed by atoms with E-state index < -0.39 is 15.6 Å². The maximum absolute atomic E-state index is 12.7. The molecule has 1 N–H and O–H groups in total. The van der Waals surface area contributed by atoms with Crippen LogP contribution in [0.5, 0.6) is 0 Å². The van der Waals surface area contributed by atoms with Gasteiger partial charge < -0.3 is 4.42 Å². The van der Waals surface area contributed by atoms with Crippen molar-refractivity contribution in [1.29, 1.82) is 0 Å². The van der Waals surface area contributed by atoms with Crippen LogP contribution in [0.4, 0.5) is 5.69 Å². The number of aryl methyl sites for hydroxylation is 2. The molecule has 6 heteroatoms. The van der Waals surface area contributed by atoms with Gasteiger partial charge in [-0.2, -0.15) is 0 Å². The smallest absolute Gasteiger partial charge is 0.336 e. The molecule has 2 aromatic carbocycles. The SMILES string of the molecule is C=CCc1c(NS(=O)(=O)c2ccc(C)cc2)ccc2c(C)cc(=O)oc12. The Morgan fingerprint density at radius 3 is 2.46 bits per heavy atom. The molecule has 0 aliphatic heterocycles. The molecule has 0 aliphatic carbocycles. The number of allylic oxidation sites excluding steroid dienone is 1. The number of fused-ring (bicyclic) bond motifs is 1. The van der Waals surface area contributed by atoms with E-state index in [0.717, 1.165) is 16.5 Å². The fraction of sp³-hybridized carbons (Fsp3) is 0.150. The number of hydrogen-bond donors (Lipinski definition) is 1. The van der Waals surface area contributed by atoms with Gasteiger partial charge in [0, 0.05) is 17.0 Å². The van der Waals surface area contributed by atoms with Crippen LogP contribution in [0.25, 0.3) is 11.0 Å². The standard InChI is InChI=1S/C20H19NO4S/c1-4-5-17-18(11-10-16-14(3)12-19(22)25-20(16)17)21-26(23,24)15-8-6-13(2)7-9-15/h4,6-12,21H,1,5H2,2-3H3. The van der Waals surface area contributed by atoms with Crippen LogP contribution in [0, 0.1) is 13.8 Å². The molecular formula is C20H19NO4S. The highest BCUT2D eigenvalue weighted by Gasteiger charge is 2.18. The zero-order valence-electron chi connectivity index (χ0n) is 14.6. The molecule has 0 spiro atoms. The number of rotatable bonds is 5. The molecule has 0 radical (unpaired) electrons. The van der Waals surface area contributed by atoms with E-state index in [9.17, 15) is 13.2 Å². The van der Waals surface area contributed by atoms with E-state index in [4.69, 9.17) is 4.42 Å². The second-order valence-electron chi connectivity index (χ2n) is 6.13. The summed E-state index contributed by atoms with van der Waals surface area (Å²) in [6, 6.07) is 11.4. The molecule has 0 amide bonds. The van der Waals surface area contributed by atoms with Crippen molar-refractivity contribution in [2.75, 3.05) is 4.72 Å². The lowest BCUT2D eigenvalue weighted by atomic mass is 10.0. The third-order valence-corrected chi connectivity index (χ3v) is 5.53. The van der Waals surface area contributed by atoms with Crippen LogP contribution < -0.4 is 10.3 Å². The fourth-order valence-corrected chi connectivity index (χ4v) is 3.90. The number of sulfonamides is 1. The second kappa shape index (κ2) is 6.80. The zero-order valence-corrected chi connectivity index (χ0v) is 15.4. The quantitative estimate of drug-likeness (QED) is 0.546. The van der Waals surface area contributed by atoms with Crippen LogP contribution in [-0.4, -0.2) is 8.42 Å². The minimum absolute atomic E-state index is 0.165. The maximum atomic E-state index is 12.7. The molecule has 3 aromatic rings. The first-order chi connectivity index (χ1) is 12.3. The van der Waals surface area contributed by atoms with Crippen LogP contribution in [0.3, 0.4) is 0 Å². The lowest BCUT2D eigenvalue weighted by Crippen LogP contribution is -2.14. The first-order valence-electron chi connectivity index (χ1n) is 8.08. The Morgan fingerprint density at radius 2 is 1.81 bits per heavy atom. The molecule has 0 saturated heterocycles. The molecule has 5 nitrogen and oxygen atoms in total. The lowest BCUT2D eigenvalue weighted by molar-refractivity contribution is 0.557. The van der Waals surface area contributed by atoms with E-state index in [1.165, 1.54) is 6.07 Å². The fourth-order valence-electron chi connectivity index (χ4n) is 2.80. The van der Waals surface area contributed by atoms with Crippen molar-refractivity contribution in [2.24, 2.45) is 0 Å². The Bertz CT molecular complexity index is 1140. The van der Waals surface area contributed by atoms with Crippen molar-refractivity contribution in [3.05, 3.63) is 82.2 Å². The van der Waals surface area contributed by atoms with Gasteiger partial charge in [0.15, 0.2) is 0 Å². The zero-order chi connectivity index (χ0) is 18.9. The normalized spacial score (nSPS) is 11.5. The van der Waals surface area contributed by atoms with E-state index in [1.54, 1.807) is 42.5 Å². The third-order valence-electron chi connectivity index (χ3n) is 4.15. The van der Waals surface area contributed by atoms with Crippen LogP contribution in [0.1, 0.15) is 16.7 Å². The van der Waals surface area contributed by atoms with Crippen molar-refractivity contribution < 1.29 is 12.8 Å². The van der Waals surface area contributed by atoms with Crippen LogP contribution >= 0.6 is 0 Å². The summed E-state index contributed by atoms with van der Waals surface area (Å²) in [5, 5.41) is 0.764. The van der Waals surface area contributed by atoms with Crippen molar-refractivity contribution in [2.45, 2.75) is 25.2 Å². The number of anilines is 1. The predicted molar refractivity (Wildman–Crippen MR) is 103 cm³/mol. The molecule has 0 fully saturated rings. The van der Waals surface area contributed by atoms with Crippen molar-refractivity contribution in [3.8, 4) is 0 Å². The van der Waals surface area contributed by atoms with E-state index in [2.05, 4.69) is 11.3 Å². The van der Waals surface area contributed by atoms with Crippen molar-refractivity contribution >= 4 is 26.7 Å². The van der Waals surface area contributed by atoms with Gasteiger partial charge in [-0.3, -0.25) is 4.72 Å². The molecule has 26 heavy (non-hydrogen) atoms. The van der Waals surface area contributed by atoms with Gasteiger partial charge in [-0.25, -0.2) is 13.2 Å². The molecule has 134 valence electrons. The Morgan fingerprint density at radius 1 is 1.12 bits per heavy atom. The summed E-state index contributed by atoms with van der Waals surface area (Å²) in [4.78, 5) is 11.9. The predicted octanol–water partition coefficient (Wildman–Crippen LogP) is 3.94. The topological polar surface area (TPSA) is 76.4 Å². The average molecular weight is 369 g/mol. The summed E-state index contributed by atoms with van der Waals surface area (Å²) in [5.41, 5.74) is 2.59. The van der Waals surface area contributed by atoms with Gasteiger partial charge in [0.1, 0.15) is 5.58 Å². The summed E-state index contributed by atoms with van der Waals surface area (Å²) in [7, 11) is -3.76. The summed E-state index contributed by atoms with van der Waals surface area (Å²) >= 11 is 0. The first kappa shape index (κ1) is 17.9. The lowest BCUT2D eigenvalue weighted by Gasteiger charge is -2.14. The Balaban J connectivity index is 2.15. The third kappa shape index (κ3) is 3.41. The maximum Gasteiger partial charge on any atom is 0.336 e. The minimum Gasteiger partial charge on any atom is -0.422 e. The molecular weight excluding hydrogens is 350 g/mol. The highest BCUT2D eigenvalue weighted by molar-refractivity contribution is 7.92. The van der Waals surface area contributed by atoms with Gasteiger partial charge in [0.25, 0.3) is 10.0 Å². The molecule has 0 bridgehead atoms. The van der Waals surface area contributed by atoms with Crippen molar-refractivity contribution in [1.82, 2.24) is 0 Å². The van der Waals surface area contributed by atoms with Gasteiger partial charge in [0.2, 0.25) is 0 Å². The van der Waals surface area contributed by atoms with Crippen LogP contribution in [0.15, 0.2) is 69.2 Å². The van der Waals surface area contributed by atoms with Crippen LogP contribution in [-0.2, 0) is 16.4 Å². The molecule has 1 heterocycles. The van der Waals surface area contributed by atoms with E-state index in [0.29, 0.717) is 23.3 Å². The van der Waals surface area contributed by atoms with Gasteiger partial charge in [0.05, 0.1) is 10.6 Å². The molecule has 3 rings (SSSR count). The van der Waals surface area contributed by atoms with E-state index >= 15 is 0 Å². The van der Waals surface area contributed by atoms with E-state index in [1.807, 2.05) is 13.8 Å².